The first kappa shape index (κ1) is 45.6. The predicted octanol–water partition coefficient (Wildman–Crippen LogP) is 13.8. The smallest absolute Gasteiger partial charge is 0.333 e. The Morgan fingerprint density at radius 2 is 0.687 bits per heavy atom. The molecular weight excluding hydrogens is 835 g/mol. The maximum Gasteiger partial charge on any atom is 0.333 e. The molecule has 0 radical (unpaired) electrons. The lowest BCUT2D eigenvalue weighted by Crippen LogP contribution is -2.09. The van der Waals surface area contributed by atoms with E-state index in [1.165, 1.54) is 12.2 Å². The van der Waals surface area contributed by atoms with E-state index in [1.54, 1.807) is 38.5 Å². The summed E-state index contributed by atoms with van der Waals surface area (Å²) in [5, 5.41) is 18.4. The molecule has 0 spiro atoms. The van der Waals surface area contributed by atoms with Crippen LogP contribution in [-0.2, 0) is 9.59 Å². The number of hydrogen-bond acceptors (Lipinski definition) is 5. The van der Waals surface area contributed by atoms with Crippen molar-refractivity contribution < 1.29 is 29.3 Å². The lowest BCUT2D eigenvalue weighted by Gasteiger charge is -2.26. The number of methoxy groups -OCH3 is 2. The van der Waals surface area contributed by atoms with Crippen LogP contribution < -0.4 is 14.4 Å². The van der Waals surface area contributed by atoms with Crippen LogP contribution in [0.25, 0.3) is 57.8 Å². The summed E-state index contributed by atoms with van der Waals surface area (Å²) in [4.78, 5) is 30.9. The van der Waals surface area contributed by atoms with Gasteiger partial charge in [0.15, 0.2) is 0 Å². The molecule has 0 aliphatic carbocycles. The summed E-state index contributed by atoms with van der Waals surface area (Å²) in [5.74, 6) is -0.951. The summed E-state index contributed by atoms with van der Waals surface area (Å²) in [6, 6.07) is 55.7. The Hall–Kier alpha value is -9.44. The second kappa shape index (κ2) is 21.8. The Morgan fingerprint density at radius 1 is 0.418 bits per heavy atom. The monoisotopic (exact) mass is 877 g/mol. The highest BCUT2D eigenvalue weighted by Crippen LogP contribution is 2.36. The van der Waals surface area contributed by atoms with Gasteiger partial charge in [-0.3, -0.25) is 9.59 Å². The van der Waals surface area contributed by atoms with Gasteiger partial charge in [-0.1, -0.05) is 133 Å². The Balaban J connectivity index is 1.18. The molecule has 0 saturated heterocycles. The average Bonchev–Trinajstić information content (AvgIpc) is 3.37. The van der Waals surface area contributed by atoms with Crippen LogP contribution in [0.1, 0.15) is 50.1 Å². The van der Waals surface area contributed by atoms with Gasteiger partial charge < -0.3 is 24.6 Å². The molecule has 0 heterocycles. The first-order valence-electron chi connectivity index (χ1n) is 20.9. The van der Waals surface area contributed by atoms with Crippen molar-refractivity contribution in [2.45, 2.75) is 0 Å². The molecule has 0 amide bonds. The van der Waals surface area contributed by atoms with Crippen LogP contribution >= 0.6 is 0 Å². The molecule has 7 aromatic carbocycles. The van der Waals surface area contributed by atoms with Crippen LogP contribution in [0.3, 0.4) is 0 Å². The number of anilines is 3. The van der Waals surface area contributed by atoms with Crippen molar-refractivity contribution in [2.24, 2.45) is 0 Å². The van der Waals surface area contributed by atoms with Crippen LogP contribution in [0.5, 0.6) is 11.5 Å². The molecule has 0 fully saturated rings. The van der Waals surface area contributed by atoms with E-state index in [0.717, 1.165) is 73.1 Å². The van der Waals surface area contributed by atoms with Crippen molar-refractivity contribution in [3.05, 3.63) is 254 Å². The zero-order valence-corrected chi connectivity index (χ0v) is 36.6. The molecule has 0 aliphatic heterocycles. The molecule has 9 nitrogen and oxygen atoms in total. The first-order valence-corrected chi connectivity index (χ1v) is 20.9. The maximum atomic E-state index is 11.3. The number of ether oxygens (including phenoxy) is 2. The Labute approximate surface area is 389 Å². The van der Waals surface area contributed by atoms with Gasteiger partial charge in [0.25, 0.3) is 11.4 Å². The third-order valence-electron chi connectivity index (χ3n) is 10.7. The summed E-state index contributed by atoms with van der Waals surface area (Å²) in [5.41, 5.74) is 11.4. The Kier molecular flexibility index (Phi) is 14.8. The number of carboxylic acids is 2. The van der Waals surface area contributed by atoms with Crippen LogP contribution in [0.15, 0.2) is 181 Å². The predicted molar refractivity (Wildman–Crippen MR) is 269 cm³/mol. The van der Waals surface area contributed by atoms with Crippen LogP contribution in [-0.4, -0.2) is 36.4 Å². The molecule has 0 aliphatic rings. The highest BCUT2D eigenvalue weighted by Gasteiger charge is 2.14. The van der Waals surface area contributed by atoms with Gasteiger partial charge in [0.05, 0.1) is 27.4 Å². The van der Waals surface area contributed by atoms with E-state index in [1.807, 2.05) is 72.8 Å². The van der Waals surface area contributed by atoms with Crippen LogP contribution in [0, 0.1) is 13.1 Å². The molecule has 0 atom stereocenters. The van der Waals surface area contributed by atoms with Crippen molar-refractivity contribution in [1.29, 1.82) is 0 Å². The molecule has 0 bridgehead atoms. The standard InChI is InChI=1S/C58H43N3O6/c1-59-55(57(62)63)38-45-13-9-40(10-14-45)5-7-42-17-27-49(28-18-42)61(50-29-19-43(20-30-50)8-6-41-11-15-46(16-12-41)39-56(60-2)58(64)65)51-31-21-44(22-32-51)37-54(47-23-33-52(66-3)34-24-47)48-25-35-53(67-4)36-26-48/h5-39H,3-4H3,(H,62,63)(H,64,65). The van der Waals surface area contributed by atoms with Crippen molar-refractivity contribution >= 4 is 77.1 Å². The molecule has 0 aromatic heterocycles. The third kappa shape index (κ3) is 12.0. The van der Waals surface area contributed by atoms with Gasteiger partial charge in [-0.2, -0.15) is 0 Å². The SMILES string of the molecule is [C-]#[N+]C(=Cc1ccc(C=Cc2ccc(N(c3ccc(C=Cc4ccc(C=C([N+]#[C-])C(=O)O)cc4)cc3)c3ccc(C=C(c4ccc(OC)cc4)c4ccc(OC)cc4)cc3)cc2)cc1)C(=O)O. The van der Waals surface area contributed by atoms with E-state index in [-0.39, 0.29) is 11.4 Å². The normalized spacial score (nSPS) is 11.4. The number of nitrogens with zero attached hydrogens (tertiary/aromatic N) is 3. The van der Waals surface area contributed by atoms with Crippen molar-refractivity contribution in [3.8, 4) is 11.5 Å². The van der Waals surface area contributed by atoms with Crippen LogP contribution in [0.4, 0.5) is 17.1 Å². The van der Waals surface area contributed by atoms with E-state index in [9.17, 15) is 19.8 Å². The molecule has 67 heavy (non-hydrogen) atoms. The molecule has 326 valence electrons. The number of hydrogen-bond donors (Lipinski definition) is 2. The molecule has 0 saturated carbocycles. The van der Waals surface area contributed by atoms with E-state index < -0.39 is 11.9 Å². The van der Waals surface area contributed by atoms with Gasteiger partial charge >= 0.3 is 11.9 Å². The summed E-state index contributed by atoms with van der Waals surface area (Å²) >= 11 is 0. The molecule has 0 unspecified atom stereocenters. The number of carbonyl (C=O) groups is 2. The van der Waals surface area contributed by atoms with Gasteiger partial charge in [-0.05, 0) is 135 Å². The number of rotatable bonds is 16. The fourth-order valence-electron chi connectivity index (χ4n) is 7.07. The third-order valence-corrected chi connectivity index (χ3v) is 10.7. The first-order chi connectivity index (χ1) is 32.6. The Morgan fingerprint density at radius 3 is 0.970 bits per heavy atom. The molecule has 2 N–H and O–H groups in total. The van der Waals surface area contributed by atoms with E-state index in [0.29, 0.717) is 11.1 Å². The minimum absolute atomic E-state index is 0.340. The van der Waals surface area contributed by atoms with Crippen molar-refractivity contribution in [2.75, 3.05) is 19.1 Å². The minimum Gasteiger partial charge on any atom is -0.497 e. The van der Waals surface area contributed by atoms with E-state index in [2.05, 4.69) is 118 Å². The van der Waals surface area contributed by atoms with E-state index >= 15 is 0 Å². The summed E-state index contributed by atoms with van der Waals surface area (Å²) in [6.45, 7) is 14.2. The lowest BCUT2D eigenvalue weighted by atomic mass is 9.95. The second-order valence-electron chi connectivity index (χ2n) is 15.0. The van der Waals surface area contributed by atoms with Gasteiger partial charge in [-0.25, -0.2) is 9.69 Å². The van der Waals surface area contributed by atoms with Gasteiger partial charge in [0.2, 0.25) is 0 Å². The zero-order chi connectivity index (χ0) is 47.1. The Bertz CT molecular complexity index is 2910. The molecular formula is C58H43N3O6. The fourth-order valence-corrected chi connectivity index (χ4v) is 7.07. The largest absolute Gasteiger partial charge is 0.497 e. The lowest BCUT2D eigenvalue weighted by molar-refractivity contribution is -0.133. The van der Waals surface area contributed by atoms with E-state index in [4.69, 9.17) is 22.6 Å². The number of carboxylic acid groups (broad SMARTS) is 2. The highest BCUT2D eigenvalue weighted by molar-refractivity contribution is 5.95. The summed E-state index contributed by atoms with van der Waals surface area (Å²) < 4.78 is 10.9. The highest BCUT2D eigenvalue weighted by atomic mass is 16.5. The molecule has 7 aromatic rings. The van der Waals surface area contributed by atoms with Gasteiger partial charge in [0.1, 0.15) is 11.5 Å². The molecule has 9 heteroatoms. The number of aliphatic carboxylic acids is 2. The average molecular weight is 878 g/mol. The zero-order valence-electron chi connectivity index (χ0n) is 36.6. The van der Waals surface area contributed by atoms with Gasteiger partial charge in [0, 0.05) is 17.1 Å². The quantitative estimate of drug-likeness (QED) is 0.0566. The van der Waals surface area contributed by atoms with Crippen LogP contribution in [0.2, 0.25) is 0 Å². The minimum atomic E-state index is -1.26. The second-order valence-corrected chi connectivity index (χ2v) is 15.0. The summed E-state index contributed by atoms with van der Waals surface area (Å²) in [6.07, 6.45) is 12.9. The van der Waals surface area contributed by atoms with Gasteiger partial charge in [-0.15, -0.1) is 0 Å². The fraction of sp³-hybridized carbons (Fsp3) is 0.0345. The number of benzene rings is 7. The van der Waals surface area contributed by atoms with Crippen molar-refractivity contribution in [3.63, 3.8) is 0 Å². The van der Waals surface area contributed by atoms with Crippen molar-refractivity contribution in [1.82, 2.24) is 0 Å². The topological polar surface area (TPSA) is 105 Å². The summed E-state index contributed by atoms with van der Waals surface area (Å²) in [7, 11) is 3.31. The molecule has 7 rings (SSSR count). The maximum absolute atomic E-state index is 11.3.